The molecule has 0 aromatic rings. The largest absolute Gasteiger partial charge is 0.391 e. The summed E-state index contributed by atoms with van der Waals surface area (Å²) in [7, 11) is 0. The lowest BCUT2D eigenvalue weighted by Crippen LogP contribution is -2.68. The molecule has 3 saturated carbocycles. The molecule has 3 nitrogen and oxygen atoms in total. The molecule has 0 aromatic heterocycles. The van der Waals surface area contributed by atoms with Crippen LogP contribution >= 0.6 is 0 Å². The molecule has 4 N–H and O–H groups in total. The van der Waals surface area contributed by atoms with Gasteiger partial charge in [0.15, 0.2) is 0 Å². The quantitative estimate of drug-likeness (QED) is 0.638. The molecule has 3 heteroatoms. The number of fused-ring (bicyclic) bond motifs is 2. The van der Waals surface area contributed by atoms with Gasteiger partial charge in [0.1, 0.15) is 0 Å². The first-order chi connectivity index (χ1) is 7.94. The van der Waals surface area contributed by atoms with Crippen molar-refractivity contribution in [3.8, 4) is 0 Å². The summed E-state index contributed by atoms with van der Waals surface area (Å²) >= 11 is 0. The van der Waals surface area contributed by atoms with E-state index in [-0.39, 0.29) is 18.2 Å². The Bertz CT molecular complexity index is 315. The number of nitrogens with one attached hydrogen (secondary N) is 1. The molecule has 0 radical (unpaired) electrons. The lowest BCUT2D eigenvalue weighted by molar-refractivity contribution is -0.160. The highest BCUT2D eigenvalue weighted by atomic mass is 16.3. The van der Waals surface area contributed by atoms with E-state index in [9.17, 15) is 5.11 Å². The maximum atomic E-state index is 10.1. The molecule has 0 aromatic carbocycles. The highest BCUT2D eigenvalue weighted by molar-refractivity contribution is 5.14. The summed E-state index contributed by atoms with van der Waals surface area (Å²) in [6.07, 6.45) is 2.02. The first-order valence-electron chi connectivity index (χ1n) is 7.11. The summed E-state index contributed by atoms with van der Waals surface area (Å²) in [5, 5.41) is 13.6. The third kappa shape index (κ3) is 1.45. The van der Waals surface area contributed by atoms with E-state index >= 15 is 0 Å². The predicted octanol–water partition coefficient (Wildman–Crippen LogP) is 0.965. The third-order valence-electron chi connectivity index (χ3n) is 6.22. The van der Waals surface area contributed by atoms with E-state index in [1.54, 1.807) is 0 Å². The molecule has 98 valence electrons. The fourth-order valence-corrected chi connectivity index (χ4v) is 5.02. The highest BCUT2D eigenvalue weighted by Gasteiger charge is 2.62. The van der Waals surface area contributed by atoms with Crippen molar-refractivity contribution < 1.29 is 5.11 Å². The van der Waals surface area contributed by atoms with Gasteiger partial charge in [-0.1, -0.05) is 20.8 Å². The molecule has 3 aliphatic carbocycles. The van der Waals surface area contributed by atoms with Gasteiger partial charge in [-0.15, -0.1) is 0 Å². The fourth-order valence-electron chi connectivity index (χ4n) is 5.02. The number of hydrogen-bond acceptors (Lipinski definition) is 3. The van der Waals surface area contributed by atoms with Crippen LogP contribution in [0, 0.1) is 29.1 Å². The van der Waals surface area contributed by atoms with Crippen molar-refractivity contribution in [2.45, 2.75) is 51.8 Å². The van der Waals surface area contributed by atoms with Gasteiger partial charge >= 0.3 is 0 Å². The molecule has 17 heavy (non-hydrogen) atoms. The zero-order chi connectivity index (χ0) is 12.4. The van der Waals surface area contributed by atoms with Gasteiger partial charge in [0, 0.05) is 12.1 Å². The summed E-state index contributed by atoms with van der Waals surface area (Å²) in [4.78, 5) is 0. The minimum Gasteiger partial charge on any atom is -0.391 e. The topological polar surface area (TPSA) is 58.3 Å². The predicted molar refractivity (Wildman–Crippen MR) is 68.4 cm³/mol. The van der Waals surface area contributed by atoms with Crippen molar-refractivity contribution in [3.63, 3.8) is 0 Å². The highest BCUT2D eigenvalue weighted by Crippen LogP contribution is 2.63. The average Bonchev–Trinajstić information content (AvgIpc) is 2.67. The van der Waals surface area contributed by atoms with Gasteiger partial charge in [0.25, 0.3) is 0 Å². The van der Waals surface area contributed by atoms with E-state index in [1.165, 1.54) is 6.42 Å². The van der Waals surface area contributed by atoms with Gasteiger partial charge in [-0.2, -0.15) is 0 Å². The maximum absolute atomic E-state index is 10.1. The molecule has 0 amide bonds. The lowest BCUT2D eigenvalue weighted by Gasteiger charge is -2.66. The molecule has 4 unspecified atom stereocenters. The molecule has 7 atom stereocenters. The molecular formula is C14H26N2O. The Morgan fingerprint density at radius 2 is 2.00 bits per heavy atom. The molecule has 1 aliphatic heterocycles. The second-order valence-corrected chi connectivity index (χ2v) is 7.12. The SMILES string of the molecule is CC1[C@@H](N)C(C2NCCC2O)[C@@H]2C[C@H]1C2(C)C. The normalized spacial score (nSPS) is 56.6. The molecule has 4 aliphatic rings. The Balaban J connectivity index is 1.87. The van der Waals surface area contributed by atoms with Crippen LogP contribution in [0.15, 0.2) is 0 Å². The summed E-state index contributed by atoms with van der Waals surface area (Å²) in [6.45, 7) is 8.03. The summed E-state index contributed by atoms with van der Waals surface area (Å²) in [5.74, 6) is 2.54. The molecule has 4 rings (SSSR count). The van der Waals surface area contributed by atoms with Crippen molar-refractivity contribution in [2.24, 2.45) is 34.8 Å². The summed E-state index contributed by atoms with van der Waals surface area (Å²) in [6, 6.07) is 0.495. The number of nitrogens with two attached hydrogens (primary N) is 1. The molecular weight excluding hydrogens is 212 g/mol. The second-order valence-electron chi connectivity index (χ2n) is 7.12. The van der Waals surface area contributed by atoms with Crippen molar-refractivity contribution in [3.05, 3.63) is 0 Å². The Morgan fingerprint density at radius 3 is 2.53 bits per heavy atom. The van der Waals surface area contributed by atoms with Gasteiger partial charge in [-0.25, -0.2) is 0 Å². The number of aliphatic hydroxyl groups excluding tert-OH is 1. The molecule has 2 bridgehead atoms. The third-order valence-corrected chi connectivity index (χ3v) is 6.22. The number of aliphatic hydroxyl groups is 1. The van der Waals surface area contributed by atoms with Crippen LogP contribution in [0.2, 0.25) is 0 Å². The first kappa shape index (κ1) is 11.9. The van der Waals surface area contributed by atoms with Gasteiger partial charge in [0.2, 0.25) is 0 Å². The van der Waals surface area contributed by atoms with Gasteiger partial charge < -0.3 is 16.2 Å². The number of hydrogen-bond donors (Lipinski definition) is 3. The van der Waals surface area contributed by atoms with Crippen LogP contribution in [0.5, 0.6) is 0 Å². The second kappa shape index (κ2) is 3.69. The van der Waals surface area contributed by atoms with E-state index in [1.807, 2.05) is 0 Å². The maximum Gasteiger partial charge on any atom is 0.0708 e. The van der Waals surface area contributed by atoms with Crippen molar-refractivity contribution >= 4 is 0 Å². The van der Waals surface area contributed by atoms with Crippen LogP contribution in [0.25, 0.3) is 0 Å². The lowest BCUT2D eigenvalue weighted by atomic mass is 9.40. The van der Waals surface area contributed by atoms with Crippen LogP contribution in [0.1, 0.15) is 33.6 Å². The van der Waals surface area contributed by atoms with Crippen LogP contribution < -0.4 is 11.1 Å². The van der Waals surface area contributed by atoms with Crippen LogP contribution in [0.3, 0.4) is 0 Å². The Morgan fingerprint density at radius 1 is 1.29 bits per heavy atom. The summed E-state index contributed by atoms with van der Waals surface area (Å²) < 4.78 is 0. The van der Waals surface area contributed by atoms with Gasteiger partial charge in [0.05, 0.1) is 6.10 Å². The average molecular weight is 238 g/mol. The zero-order valence-electron chi connectivity index (χ0n) is 11.2. The molecule has 0 spiro atoms. The standard InChI is InChI=1S/C14H26N2O/c1-7-8-6-9(14(8,2)3)11(12(7)15)13-10(17)4-5-16-13/h7-13,16-17H,4-6,15H2,1-3H3/t7?,8-,9+,10?,11?,12-,13?/m1/s1. The van der Waals surface area contributed by atoms with Gasteiger partial charge in [-0.3, -0.25) is 0 Å². The van der Waals surface area contributed by atoms with E-state index in [0.717, 1.165) is 18.9 Å². The van der Waals surface area contributed by atoms with E-state index in [4.69, 9.17) is 5.73 Å². The van der Waals surface area contributed by atoms with Crippen molar-refractivity contribution in [1.29, 1.82) is 0 Å². The van der Waals surface area contributed by atoms with E-state index < -0.39 is 0 Å². The van der Waals surface area contributed by atoms with Gasteiger partial charge in [-0.05, 0) is 48.5 Å². The van der Waals surface area contributed by atoms with E-state index in [0.29, 0.717) is 23.2 Å². The van der Waals surface area contributed by atoms with Crippen LogP contribution in [-0.2, 0) is 0 Å². The minimum absolute atomic E-state index is 0.189. The first-order valence-corrected chi connectivity index (χ1v) is 7.11. The Hall–Kier alpha value is -0.120. The zero-order valence-corrected chi connectivity index (χ0v) is 11.2. The van der Waals surface area contributed by atoms with Crippen molar-refractivity contribution in [2.75, 3.05) is 6.54 Å². The van der Waals surface area contributed by atoms with E-state index in [2.05, 4.69) is 26.1 Å². The van der Waals surface area contributed by atoms with Crippen molar-refractivity contribution in [1.82, 2.24) is 5.32 Å². The molecule has 1 saturated heterocycles. The smallest absolute Gasteiger partial charge is 0.0708 e. The van der Waals surface area contributed by atoms with Crippen LogP contribution in [0.4, 0.5) is 0 Å². The number of rotatable bonds is 1. The minimum atomic E-state index is -0.189. The Labute approximate surface area is 104 Å². The molecule has 4 fully saturated rings. The molecule has 1 heterocycles. The summed E-state index contributed by atoms with van der Waals surface area (Å²) in [5.41, 5.74) is 6.88. The van der Waals surface area contributed by atoms with Crippen LogP contribution in [-0.4, -0.2) is 29.8 Å². The fraction of sp³-hybridized carbons (Fsp3) is 1.00. The Kier molecular flexibility index (Phi) is 2.59. The monoisotopic (exact) mass is 238 g/mol.